The number of hydrogen-bond acceptors (Lipinski definition) is 3. The van der Waals surface area contributed by atoms with Crippen LogP contribution in [0.25, 0.3) is 0 Å². The molecular weight excluding hydrogens is 132 g/mol. The number of ether oxygens (including phenoxy) is 1. The van der Waals surface area contributed by atoms with Crippen LogP contribution in [0.15, 0.2) is 0 Å². The fourth-order valence-corrected chi connectivity index (χ4v) is 1.62. The maximum Gasteiger partial charge on any atom is 0.407 e. The number of nitrogens with two attached hydrogens (primary N) is 1. The van der Waals surface area contributed by atoms with Crippen molar-refractivity contribution in [3.63, 3.8) is 0 Å². The van der Waals surface area contributed by atoms with E-state index in [-0.39, 0.29) is 24.3 Å². The lowest BCUT2D eigenvalue weighted by molar-refractivity contribution is 0.0772. The van der Waals surface area contributed by atoms with Gasteiger partial charge in [-0.2, -0.15) is 0 Å². The lowest BCUT2D eigenvalue weighted by atomic mass is 10.2. The van der Waals surface area contributed by atoms with Crippen LogP contribution < -0.4 is 11.1 Å². The van der Waals surface area contributed by atoms with Gasteiger partial charge < -0.3 is 15.8 Å². The number of nitrogens with one attached hydrogen (secondary N) is 1. The molecule has 1 amide bonds. The summed E-state index contributed by atoms with van der Waals surface area (Å²) in [5.41, 5.74) is 5.66. The van der Waals surface area contributed by atoms with E-state index in [9.17, 15) is 4.79 Å². The molecule has 1 aliphatic carbocycles. The van der Waals surface area contributed by atoms with E-state index in [4.69, 9.17) is 10.5 Å². The van der Waals surface area contributed by atoms with E-state index in [2.05, 4.69) is 5.32 Å². The Hall–Kier alpha value is -0.770. The first-order valence-electron chi connectivity index (χ1n) is 3.48. The van der Waals surface area contributed by atoms with Gasteiger partial charge in [0.1, 0.15) is 6.10 Å². The largest absolute Gasteiger partial charge is 0.445 e. The average Bonchev–Trinajstić information content (AvgIpc) is 2.07. The summed E-state index contributed by atoms with van der Waals surface area (Å²) in [7, 11) is 0. The number of amides is 1. The van der Waals surface area contributed by atoms with E-state index >= 15 is 0 Å². The molecule has 1 aliphatic heterocycles. The van der Waals surface area contributed by atoms with Crippen molar-refractivity contribution in [1.29, 1.82) is 0 Å². The molecule has 3 N–H and O–H groups in total. The summed E-state index contributed by atoms with van der Waals surface area (Å²) in [5.74, 6) is 0. The van der Waals surface area contributed by atoms with Crippen LogP contribution >= 0.6 is 0 Å². The first kappa shape index (κ1) is 5.97. The molecule has 1 saturated heterocycles. The van der Waals surface area contributed by atoms with E-state index in [1.807, 2.05) is 0 Å². The number of rotatable bonds is 0. The summed E-state index contributed by atoms with van der Waals surface area (Å²) in [6, 6.07) is 0.310. The highest BCUT2D eigenvalue weighted by Crippen LogP contribution is 2.24. The van der Waals surface area contributed by atoms with Crippen LogP contribution in [-0.2, 0) is 4.74 Å². The summed E-state index contributed by atoms with van der Waals surface area (Å²) >= 11 is 0. The Morgan fingerprint density at radius 3 is 3.10 bits per heavy atom. The predicted molar refractivity (Wildman–Crippen MR) is 34.4 cm³/mol. The van der Waals surface area contributed by atoms with Gasteiger partial charge in [0.15, 0.2) is 0 Å². The molecule has 56 valence electrons. The van der Waals surface area contributed by atoms with E-state index in [1.54, 1.807) is 0 Å². The lowest BCUT2D eigenvalue weighted by Crippen LogP contribution is -2.41. The second kappa shape index (κ2) is 1.85. The van der Waals surface area contributed by atoms with Gasteiger partial charge >= 0.3 is 6.09 Å². The molecule has 0 aromatic rings. The highest BCUT2D eigenvalue weighted by Gasteiger charge is 2.39. The zero-order valence-corrected chi connectivity index (χ0v) is 5.54. The minimum absolute atomic E-state index is 0.0289. The highest BCUT2D eigenvalue weighted by molar-refractivity contribution is 5.69. The van der Waals surface area contributed by atoms with Gasteiger partial charge in [-0.25, -0.2) is 4.79 Å². The minimum Gasteiger partial charge on any atom is -0.445 e. The molecule has 0 aromatic heterocycles. The van der Waals surface area contributed by atoms with E-state index in [0.29, 0.717) is 0 Å². The number of fused-ring (bicyclic) bond motifs is 2. The molecule has 4 heteroatoms. The third kappa shape index (κ3) is 0.759. The normalized spacial score (nSPS) is 44.5. The van der Waals surface area contributed by atoms with Crippen molar-refractivity contribution in [3.05, 3.63) is 0 Å². The van der Waals surface area contributed by atoms with Crippen molar-refractivity contribution < 1.29 is 9.53 Å². The van der Waals surface area contributed by atoms with E-state index < -0.39 is 0 Å². The van der Waals surface area contributed by atoms with Gasteiger partial charge in [0.2, 0.25) is 0 Å². The van der Waals surface area contributed by atoms with Gasteiger partial charge in [-0.05, 0) is 6.42 Å². The standard InChI is InChI=1S/C6H10N2O2/c7-4-1-3-2-5(4)10-6(9)8-3/h3-5H,1-2,7H2,(H,8,9)/t3-,4-,5-/m0/s1. The number of carbonyl (C=O) groups excluding carboxylic acids is 1. The Bertz CT molecular complexity index is 169. The summed E-state index contributed by atoms with van der Waals surface area (Å²) in [5, 5.41) is 2.70. The molecule has 10 heavy (non-hydrogen) atoms. The molecule has 4 nitrogen and oxygen atoms in total. The fraction of sp³-hybridized carbons (Fsp3) is 0.833. The Morgan fingerprint density at radius 1 is 1.60 bits per heavy atom. The topological polar surface area (TPSA) is 64.3 Å². The molecule has 2 bridgehead atoms. The van der Waals surface area contributed by atoms with Crippen molar-refractivity contribution in [2.24, 2.45) is 5.73 Å². The zero-order valence-electron chi connectivity index (χ0n) is 5.54. The van der Waals surface area contributed by atoms with Crippen molar-refractivity contribution >= 4 is 6.09 Å². The maximum absolute atomic E-state index is 10.7. The van der Waals surface area contributed by atoms with Gasteiger partial charge in [-0.3, -0.25) is 0 Å². The quantitative estimate of drug-likeness (QED) is 0.483. The third-order valence-corrected chi connectivity index (χ3v) is 2.13. The molecule has 1 saturated carbocycles. The third-order valence-electron chi connectivity index (χ3n) is 2.13. The summed E-state index contributed by atoms with van der Waals surface area (Å²) in [4.78, 5) is 10.7. The number of carbonyl (C=O) groups is 1. The molecule has 3 atom stereocenters. The van der Waals surface area contributed by atoms with E-state index in [1.165, 1.54) is 0 Å². The van der Waals surface area contributed by atoms with Crippen LogP contribution in [0.5, 0.6) is 0 Å². The SMILES string of the molecule is N[C@H]1C[C@H]2C[C@@H]1OC(=O)N2. The van der Waals surface area contributed by atoms with Gasteiger partial charge in [0.05, 0.1) is 0 Å². The van der Waals surface area contributed by atoms with Crippen LogP contribution in [0.1, 0.15) is 12.8 Å². The van der Waals surface area contributed by atoms with Crippen molar-refractivity contribution in [2.75, 3.05) is 0 Å². The van der Waals surface area contributed by atoms with Crippen LogP contribution in [0.2, 0.25) is 0 Å². The molecule has 2 aliphatic rings. The summed E-state index contributed by atoms with van der Waals surface area (Å²) < 4.78 is 4.91. The predicted octanol–water partition coefficient (Wildman–Crippen LogP) is -0.416. The first-order valence-corrected chi connectivity index (χ1v) is 3.48. The summed E-state index contributed by atoms with van der Waals surface area (Å²) in [6.45, 7) is 0. The van der Waals surface area contributed by atoms with Crippen LogP contribution in [0.3, 0.4) is 0 Å². The van der Waals surface area contributed by atoms with Crippen LogP contribution in [0, 0.1) is 0 Å². The zero-order chi connectivity index (χ0) is 7.14. The average molecular weight is 142 g/mol. The van der Waals surface area contributed by atoms with Crippen molar-refractivity contribution in [2.45, 2.75) is 31.0 Å². The molecule has 0 aromatic carbocycles. The van der Waals surface area contributed by atoms with Crippen LogP contribution in [-0.4, -0.2) is 24.3 Å². The Kier molecular flexibility index (Phi) is 1.11. The monoisotopic (exact) mass is 142 g/mol. The fourth-order valence-electron chi connectivity index (χ4n) is 1.62. The number of hydrogen-bond donors (Lipinski definition) is 2. The van der Waals surface area contributed by atoms with Crippen LogP contribution in [0.4, 0.5) is 4.79 Å². The molecular formula is C6H10N2O2. The lowest BCUT2D eigenvalue weighted by Gasteiger charge is -2.20. The van der Waals surface area contributed by atoms with Gasteiger partial charge in [0.25, 0.3) is 0 Å². The second-order valence-electron chi connectivity index (χ2n) is 2.92. The molecule has 1 heterocycles. The second-order valence-corrected chi connectivity index (χ2v) is 2.92. The molecule has 0 radical (unpaired) electrons. The molecule has 0 unspecified atom stereocenters. The molecule has 2 fully saturated rings. The Balaban J connectivity index is 2.13. The minimum atomic E-state index is -0.311. The molecule has 0 spiro atoms. The molecule has 2 rings (SSSR count). The Morgan fingerprint density at radius 2 is 2.40 bits per heavy atom. The van der Waals surface area contributed by atoms with Gasteiger partial charge in [0, 0.05) is 18.5 Å². The smallest absolute Gasteiger partial charge is 0.407 e. The van der Waals surface area contributed by atoms with Gasteiger partial charge in [-0.15, -0.1) is 0 Å². The van der Waals surface area contributed by atoms with Crippen molar-refractivity contribution in [3.8, 4) is 0 Å². The van der Waals surface area contributed by atoms with E-state index in [0.717, 1.165) is 12.8 Å². The van der Waals surface area contributed by atoms with Gasteiger partial charge in [-0.1, -0.05) is 0 Å². The number of alkyl carbamates (subject to hydrolysis) is 1. The Labute approximate surface area is 58.7 Å². The maximum atomic E-state index is 10.7. The highest BCUT2D eigenvalue weighted by atomic mass is 16.6. The van der Waals surface area contributed by atoms with Crippen molar-refractivity contribution in [1.82, 2.24) is 5.32 Å². The first-order chi connectivity index (χ1) is 4.75. The summed E-state index contributed by atoms with van der Waals surface area (Å²) in [6.07, 6.45) is 1.40.